The van der Waals surface area contributed by atoms with Crippen LogP contribution in [0.25, 0.3) is 0 Å². The molecule has 102 valence electrons. The van der Waals surface area contributed by atoms with Crippen molar-refractivity contribution in [2.75, 3.05) is 6.61 Å². The molecule has 1 aromatic heterocycles. The number of aryl methyl sites for hydroxylation is 1. The second-order valence-electron chi connectivity index (χ2n) is 5.76. The maximum absolute atomic E-state index is 9.87. The van der Waals surface area contributed by atoms with Gasteiger partial charge in [-0.3, -0.25) is 4.98 Å². The zero-order valence-electron chi connectivity index (χ0n) is 11.8. The zero-order chi connectivity index (χ0) is 13.8. The molecular weight excluding hydrogens is 228 g/mol. The molecule has 4 heteroatoms. The van der Waals surface area contributed by atoms with Gasteiger partial charge in [0.2, 0.25) is 0 Å². The van der Waals surface area contributed by atoms with Crippen LogP contribution in [0.5, 0.6) is 5.75 Å². The first-order chi connectivity index (χ1) is 8.35. The number of ether oxygens (including phenoxy) is 1. The lowest BCUT2D eigenvalue weighted by atomic mass is 9.93. The summed E-state index contributed by atoms with van der Waals surface area (Å²) in [5.74, 6) is 0.189. The third-order valence-electron chi connectivity index (χ3n) is 2.89. The van der Waals surface area contributed by atoms with Crippen LogP contribution in [0.4, 0.5) is 0 Å². The average molecular weight is 252 g/mol. The van der Waals surface area contributed by atoms with E-state index in [1.54, 1.807) is 13.1 Å². The van der Waals surface area contributed by atoms with Crippen molar-refractivity contribution in [1.82, 2.24) is 4.98 Å². The van der Waals surface area contributed by atoms with E-state index in [4.69, 9.17) is 10.5 Å². The predicted molar refractivity (Wildman–Crippen MR) is 72.3 cm³/mol. The molecule has 18 heavy (non-hydrogen) atoms. The minimum absolute atomic E-state index is 0.189. The lowest BCUT2D eigenvalue weighted by molar-refractivity contribution is 0.0954. The Bertz CT molecular complexity index is 398. The van der Waals surface area contributed by atoms with Crippen LogP contribution in [0.1, 0.15) is 44.0 Å². The standard InChI is InChI=1S/C14H24N2O2/c1-10-13(17)12(7-15)11(8-16-10)9-18-6-5-14(2,3)4/h8,17H,5-7,9,15H2,1-4H3. The number of aromatic nitrogens is 1. The van der Waals surface area contributed by atoms with Crippen molar-refractivity contribution in [2.24, 2.45) is 11.1 Å². The fourth-order valence-electron chi connectivity index (χ4n) is 1.60. The molecule has 0 aliphatic heterocycles. The highest BCUT2D eigenvalue weighted by molar-refractivity contribution is 5.40. The minimum atomic E-state index is 0.189. The lowest BCUT2D eigenvalue weighted by Crippen LogP contribution is -2.11. The van der Waals surface area contributed by atoms with Crippen molar-refractivity contribution < 1.29 is 9.84 Å². The Balaban J connectivity index is 2.60. The van der Waals surface area contributed by atoms with E-state index in [2.05, 4.69) is 25.8 Å². The summed E-state index contributed by atoms with van der Waals surface area (Å²) in [4.78, 5) is 4.13. The highest BCUT2D eigenvalue weighted by Crippen LogP contribution is 2.24. The van der Waals surface area contributed by atoms with Crippen molar-refractivity contribution >= 4 is 0 Å². The molecule has 0 bridgehead atoms. The van der Waals surface area contributed by atoms with Gasteiger partial charge in [0.05, 0.1) is 12.3 Å². The number of aromatic hydroxyl groups is 1. The molecule has 1 aromatic rings. The summed E-state index contributed by atoms with van der Waals surface area (Å²) in [7, 11) is 0. The van der Waals surface area contributed by atoms with E-state index < -0.39 is 0 Å². The molecule has 1 heterocycles. The van der Waals surface area contributed by atoms with Gasteiger partial charge in [-0.2, -0.15) is 0 Å². The van der Waals surface area contributed by atoms with Crippen LogP contribution in [0.3, 0.4) is 0 Å². The summed E-state index contributed by atoms with van der Waals surface area (Å²) in [5.41, 5.74) is 8.13. The van der Waals surface area contributed by atoms with Crippen LogP contribution >= 0.6 is 0 Å². The van der Waals surface area contributed by atoms with Gasteiger partial charge in [-0.1, -0.05) is 20.8 Å². The van der Waals surface area contributed by atoms with E-state index in [0.29, 0.717) is 25.5 Å². The van der Waals surface area contributed by atoms with E-state index in [0.717, 1.165) is 17.5 Å². The van der Waals surface area contributed by atoms with Gasteiger partial charge in [-0.05, 0) is 18.8 Å². The van der Waals surface area contributed by atoms with Crippen LogP contribution in [0.15, 0.2) is 6.20 Å². The molecule has 4 nitrogen and oxygen atoms in total. The number of hydrogen-bond donors (Lipinski definition) is 2. The average Bonchev–Trinajstić information content (AvgIpc) is 2.28. The zero-order valence-corrected chi connectivity index (χ0v) is 11.8. The summed E-state index contributed by atoms with van der Waals surface area (Å²) in [6.45, 7) is 9.75. The van der Waals surface area contributed by atoms with E-state index in [1.807, 2.05) is 0 Å². The first-order valence-electron chi connectivity index (χ1n) is 6.29. The Kier molecular flexibility index (Phi) is 5.11. The van der Waals surface area contributed by atoms with Gasteiger partial charge in [0.15, 0.2) is 0 Å². The van der Waals surface area contributed by atoms with Gasteiger partial charge in [0.1, 0.15) is 5.75 Å². The topological polar surface area (TPSA) is 68.4 Å². The van der Waals surface area contributed by atoms with E-state index >= 15 is 0 Å². The van der Waals surface area contributed by atoms with E-state index in [-0.39, 0.29) is 11.2 Å². The van der Waals surface area contributed by atoms with Crippen LogP contribution in [-0.2, 0) is 17.9 Å². The van der Waals surface area contributed by atoms with Gasteiger partial charge >= 0.3 is 0 Å². The Labute approximate surface area is 109 Å². The van der Waals surface area contributed by atoms with Crippen LogP contribution in [-0.4, -0.2) is 16.7 Å². The molecule has 3 N–H and O–H groups in total. The molecule has 0 aromatic carbocycles. The smallest absolute Gasteiger partial charge is 0.141 e. The Morgan fingerprint density at radius 2 is 2.06 bits per heavy atom. The molecule has 0 radical (unpaired) electrons. The largest absolute Gasteiger partial charge is 0.506 e. The van der Waals surface area contributed by atoms with Crippen molar-refractivity contribution in [3.8, 4) is 5.75 Å². The number of nitrogens with zero attached hydrogens (tertiary/aromatic N) is 1. The summed E-state index contributed by atoms with van der Waals surface area (Å²) < 4.78 is 5.63. The molecule has 0 aliphatic rings. The SMILES string of the molecule is Cc1ncc(COCCC(C)(C)C)c(CN)c1O. The number of hydrogen-bond acceptors (Lipinski definition) is 4. The fraction of sp³-hybridized carbons (Fsp3) is 0.643. The minimum Gasteiger partial charge on any atom is -0.506 e. The normalized spacial score (nSPS) is 11.8. The van der Waals surface area contributed by atoms with E-state index in [1.165, 1.54) is 0 Å². The van der Waals surface area contributed by atoms with Gasteiger partial charge in [0.25, 0.3) is 0 Å². The molecule has 0 spiro atoms. The molecule has 0 fully saturated rings. The van der Waals surface area contributed by atoms with Gasteiger partial charge in [0, 0.05) is 30.5 Å². The number of rotatable bonds is 5. The monoisotopic (exact) mass is 252 g/mol. The molecule has 1 rings (SSSR count). The Hall–Kier alpha value is -1.13. The fourth-order valence-corrected chi connectivity index (χ4v) is 1.60. The van der Waals surface area contributed by atoms with Gasteiger partial charge in [-0.25, -0.2) is 0 Å². The van der Waals surface area contributed by atoms with Crippen LogP contribution < -0.4 is 5.73 Å². The highest BCUT2D eigenvalue weighted by Gasteiger charge is 2.12. The van der Waals surface area contributed by atoms with Crippen LogP contribution in [0, 0.1) is 12.3 Å². The number of pyridine rings is 1. The molecule has 0 saturated carbocycles. The maximum atomic E-state index is 9.87. The first kappa shape index (κ1) is 14.9. The molecule has 0 amide bonds. The highest BCUT2D eigenvalue weighted by atomic mass is 16.5. The van der Waals surface area contributed by atoms with Crippen molar-refractivity contribution in [3.05, 3.63) is 23.0 Å². The Morgan fingerprint density at radius 3 is 2.61 bits per heavy atom. The molecule has 0 unspecified atom stereocenters. The van der Waals surface area contributed by atoms with Crippen LogP contribution in [0.2, 0.25) is 0 Å². The molecule has 0 saturated heterocycles. The van der Waals surface area contributed by atoms with Gasteiger partial charge < -0.3 is 15.6 Å². The third kappa shape index (κ3) is 4.27. The van der Waals surface area contributed by atoms with Crippen molar-refractivity contribution in [2.45, 2.75) is 47.3 Å². The Morgan fingerprint density at radius 1 is 1.39 bits per heavy atom. The second-order valence-corrected chi connectivity index (χ2v) is 5.76. The van der Waals surface area contributed by atoms with Crippen molar-refractivity contribution in [1.29, 1.82) is 0 Å². The second kappa shape index (κ2) is 6.16. The summed E-state index contributed by atoms with van der Waals surface area (Å²) in [5, 5.41) is 9.87. The molecule has 0 atom stereocenters. The molecule has 0 aliphatic carbocycles. The summed E-state index contributed by atoms with van der Waals surface area (Å²) in [6.07, 6.45) is 2.73. The van der Waals surface area contributed by atoms with E-state index in [9.17, 15) is 5.11 Å². The lowest BCUT2D eigenvalue weighted by Gasteiger charge is -2.18. The summed E-state index contributed by atoms with van der Waals surface area (Å²) >= 11 is 0. The molecular formula is C14H24N2O2. The maximum Gasteiger partial charge on any atom is 0.141 e. The third-order valence-corrected chi connectivity index (χ3v) is 2.89. The number of nitrogens with two attached hydrogens (primary N) is 1. The van der Waals surface area contributed by atoms with Gasteiger partial charge in [-0.15, -0.1) is 0 Å². The first-order valence-corrected chi connectivity index (χ1v) is 6.29. The predicted octanol–water partition coefficient (Wildman–Crippen LogP) is 2.51. The quantitative estimate of drug-likeness (QED) is 0.790. The van der Waals surface area contributed by atoms with Crippen molar-refractivity contribution in [3.63, 3.8) is 0 Å². The summed E-state index contributed by atoms with van der Waals surface area (Å²) in [6, 6.07) is 0.